The second-order valence-corrected chi connectivity index (χ2v) is 6.72. The van der Waals surface area contributed by atoms with Crippen molar-refractivity contribution in [2.24, 2.45) is 11.7 Å². The molecule has 0 aromatic rings. The molecule has 1 spiro atoms. The summed E-state index contributed by atoms with van der Waals surface area (Å²) in [4.78, 5) is 0. The predicted octanol–water partition coefficient (Wildman–Crippen LogP) is 1.78. The van der Waals surface area contributed by atoms with Gasteiger partial charge in [0.05, 0.1) is 11.2 Å². The van der Waals surface area contributed by atoms with Crippen molar-refractivity contribution in [1.29, 1.82) is 0 Å². The minimum atomic E-state index is -0.679. The van der Waals surface area contributed by atoms with E-state index in [1.807, 2.05) is 18.7 Å². The van der Waals surface area contributed by atoms with E-state index in [2.05, 4.69) is 0 Å². The molecule has 2 heterocycles. The minimum Gasteiger partial charge on any atom is -0.388 e. The molecule has 0 saturated carbocycles. The van der Waals surface area contributed by atoms with Gasteiger partial charge in [0, 0.05) is 13.2 Å². The van der Waals surface area contributed by atoms with Gasteiger partial charge in [0.1, 0.15) is 0 Å². The zero-order chi connectivity index (χ0) is 12.4. The van der Waals surface area contributed by atoms with E-state index in [0.29, 0.717) is 12.5 Å². The van der Waals surface area contributed by atoms with Crippen molar-refractivity contribution in [3.8, 4) is 0 Å². The third-order valence-electron chi connectivity index (χ3n) is 4.62. The SMILES string of the molecule is CCC(O)(CN)C1CCOC2(CCSCC2)C1. The average Bonchev–Trinajstić information content (AvgIpc) is 2.39. The summed E-state index contributed by atoms with van der Waals surface area (Å²) in [7, 11) is 0. The highest BCUT2D eigenvalue weighted by molar-refractivity contribution is 7.99. The average molecular weight is 259 g/mol. The zero-order valence-corrected chi connectivity index (χ0v) is 11.6. The van der Waals surface area contributed by atoms with Crippen LogP contribution in [0, 0.1) is 5.92 Å². The molecule has 17 heavy (non-hydrogen) atoms. The fourth-order valence-corrected chi connectivity index (χ4v) is 4.41. The van der Waals surface area contributed by atoms with Crippen LogP contribution in [0.2, 0.25) is 0 Å². The fourth-order valence-electron chi connectivity index (χ4n) is 3.18. The lowest BCUT2D eigenvalue weighted by Crippen LogP contribution is -2.52. The summed E-state index contributed by atoms with van der Waals surface area (Å²) in [6.45, 7) is 3.20. The van der Waals surface area contributed by atoms with Gasteiger partial charge < -0.3 is 15.6 Å². The predicted molar refractivity (Wildman–Crippen MR) is 72.3 cm³/mol. The molecule has 2 aliphatic heterocycles. The van der Waals surface area contributed by atoms with Gasteiger partial charge in [0.2, 0.25) is 0 Å². The van der Waals surface area contributed by atoms with E-state index in [9.17, 15) is 5.11 Å². The normalized spacial score (nSPS) is 32.3. The summed E-state index contributed by atoms with van der Waals surface area (Å²) in [5, 5.41) is 10.6. The van der Waals surface area contributed by atoms with Gasteiger partial charge in [-0.05, 0) is 49.5 Å². The van der Waals surface area contributed by atoms with Crippen molar-refractivity contribution in [2.75, 3.05) is 24.7 Å². The first-order valence-corrected chi connectivity index (χ1v) is 7.94. The summed E-state index contributed by atoms with van der Waals surface area (Å²) in [5.74, 6) is 2.70. The van der Waals surface area contributed by atoms with Gasteiger partial charge in [-0.25, -0.2) is 0 Å². The lowest BCUT2D eigenvalue weighted by Gasteiger charge is -2.47. The largest absolute Gasteiger partial charge is 0.388 e. The maximum absolute atomic E-state index is 10.6. The van der Waals surface area contributed by atoms with E-state index in [0.717, 1.165) is 38.7 Å². The molecule has 2 saturated heterocycles. The molecule has 0 amide bonds. The Morgan fingerprint density at radius 3 is 2.76 bits per heavy atom. The maximum atomic E-state index is 10.6. The highest BCUT2D eigenvalue weighted by atomic mass is 32.2. The van der Waals surface area contributed by atoms with E-state index < -0.39 is 5.60 Å². The topological polar surface area (TPSA) is 55.5 Å². The number of nitrogens with two attached hydrogens (primary N) is 1. The van der Waals surface area contributed by atoms with Crippen molar-refractivity contribution in [3.05, 3.63) is 0 Å². The van der Waals surface area contributed by atoms with Gasteiger partial charge in [-0.1, -0.05) is 6.92 Å². The number of hydrogen-bond donors (Lipinski definition) is 2. The number of rotatable bonds is 3. The molecule has 4 heteroatoms. The standard InChI is InChI=1S/C13H25NO2S/c1-2-13(15,10-14)11-3-6-16-12(9-11)4-7-17-8-5-12/h11,15H,2-10,14H2,1H3. The Bertz CT molecular complexity index is 244. The maximum Gasteiger partial charge on any atom is 0.0796 e. The Labute approximate surface area is 108 Å². The molecule has 2 atom stereocenters. The molecule has 2 unspecified atom stereocenters. The van der Waals surface area contributed by atoms with Crippen molar-refractivity contribution in [2.45, 2.75) is 50.2 Å². The van der Waals surface area contributed by atoms with Gasteiger partial charge >= 0.3 is 0 Å². The lowest BCUT2D eigenvalue weighted by molar-refractivity contribution is -0.144. The zero-order valence-electron chi connectivity index (χ0n) is 10.8. The molecule has 2 aliphatic rings. The first kappa shape index (κ1) is 13.7. The lowest BCUT2D eigenvalue weighted by atomic mass is 9.72. The summed E-state index contributed by atoms with van der Waals surface area (Å²) >= 11 is 2.02. The number of ether oxygens (including phenoxy) is 1. The third-order valence-corrected chi connectivity index (χ3v) is 5.61. The van der Waals surface area contributed by atoms with Crippen LogP contribution in [-0.2, 0) is 4.74 Å². The summed E-state index contributed by atoms with van der Waals surface area (Å²) in [5.41, 5.74) is 5.14. The van der Waals surface area contributed by atoms with Crippen LogP contribution in [0.25, 0.3) is 0 Å². The molecule has 0 radical (unpaired) electrons. The van der Waals surface area contributed by atoms with Crippen LogP contribution in [0.3, 0.4) is 0 Å². The van der Waals surface area contributed by atoms with Crippen LogP contribution in [0.5, 0.6) is 0 Å². The van der Waals surface area contributed by atoms with Crippen LogP contribution in [0.1, 0.15) is 39.0 Å². The van der Waals surface area contributed by atoms with Crippen LogP contribution >= 0.6 is 11.8 Å². The molecular formula is C13H25NO2S. The molecule has 2 fully saturated rings. The highest BCUT2D eigenvalue weighted by Crippen LogP contribution is 2.43. The van der Waals surface area contributed by atoms with Crippen LogP contribution in [0.15, 0.2) is 0 Å². The first-order valence-electron chi connectivity index (χ1n) is 6.78. The highest BCUT2D eigenvalue weighted by Gasteiger charge is 2.45. The van der Waals surface area contributed by atoms with Gasteiger partial charge in [0.15, 0.2) is 0 Å². The van der Waals surface area contributed by atoms with Gasteiger partial charge in [-0.2, -0.15) is 11.8 Å². The van der Waals surface area contributed by atoms with Crippen molar-refractivity contribution >= 4 is 11.8 Å². The van der Waals surface area contributed by atoms with E-state index in [4.69, 9.17) is 10.5 Å². The molecule has 0 aliphatic carbocycles. The van der Waals surface area contributed by atoms with E-state index in [1.165, 1.54) is 11.5 Å². The molecule has 0 aromatic carbocycles. The van der Waals surface area contributed by atoms with Gasteiger partial charge in [0.25, 0.3) is 0 Å². The van der Waals surface area contributed by atoms with Crippen LogP contribution < -0.4 is 5.73 Å². The van der Waals surface area contributed by atoms with Crippen molar-refractivity contribution in [3.63, 3.8) is 0 Å². The Hall–Kier alpha value is 0.230. The molecular weight excluding hydrogens is 234 g/mol. The van der Waals surface area contributed by atoms with Gasteiger partial charge in [-0.3, -0.25) is 0 Å². The molecule has 3 N–H and O–H groups in total. The summed E-state index contributed by atoms with van der Waals surface area (Å²) < 4.78 is 6.06. The molecule has 0 aromatic heterocycles. The Balaban J connectivity index is 2.05. The van der Waals surface area contributed by atoms with E-state index in [-0.39, 0.29) is 5.60 Å². The van der Waals surface area contributed by atoms with E-state index in [1.54, 1.807) is 0 Å². The molecule has 0 bridgehead atoms. The van der Waals surface area contributed by atoms with Crippen molar-refractivity contribution < 1.29 is 9.84 Å². The van der Waals surface area contributed by atoms with Crippen molar-refractivity contribution in [1.82, 2.24) is 0 Å². The summed E-state index contributed by atoms with van der Waals surface area (Å²) in [6, 6.07) is 0. The smallest absolute Gasteiger partial charge is 0.0796 e. The second-order valence-electron chi connectivity index (χ2n) is 5.49. The summed E-state index contributed by atoms with van der Waals surface area (Å²) in [6.07, 6.45) is 4.97. The molecule has 2 rings (SSSR count). The second kappa shape index (κ2) is 5.47. The Morgan fingerprint density at radius 1 is 1.47 bits per heavy atom. The quantitative estimate of drug-likeness (QED) is 0.811. The minimum absolute atomic E-state index is 0.0481. The first-order chi connectivity index (χ1) is 8.14. The molecule has 3 nitrogen and oxygen atoms in total. The molecule has 100 valence electrons. The van der Waals surface area contributed by atoms with Crippen LogP contribution in [-0.4, -0.2) is 41.0 Å². The number of hydrogen-bond acceptors (Lipinski definition) is 4. The number of thioether (sulfide) groups is 1. The third kappa shape index (κ3) is 2.80. The monoisotopic (exact) mass is 259 g/mol. The number of aliphatic hydroxyl groups is 1. The Kier molecular flexibility index (Phi) is 4.40. The van der Waals surface area contributed by atoms with E-state index >= 15 is 0 Å². The fraction of sp³-hybridized carbons (Fsp3) is 1.00. The Morgan fingerprint density at radius 2 is 2.18 bits per heavy atom. The van der Waals surface area contributed by atoms with Gasteiger partial charge in [-0.15, -0.1) is 0 Å². The van der Waals surface area contributed by atoms with Crippen LogP contribution in [0.4, 0.5) is 0 Å².